The van der Waals surface area contributed by atoms with Crippen molar-refractivity contribution in [1.29, 1.82) is 0 Å². The molecule has 4 aliphatic rings. The monoisotopic (exact) mass is 1480 g/mol. The number of nitrogens with one attached hydrogen (secondary N) is 4. The van der Waals surface area contributed by atoms with Gasteiger partial charge >= 0.3 is 0 Å². The molecule has 4 N–H and O–H groups in total. The van der Waals surface area contributed by atoms with Gasteiger partial charge in [-0.05, 0) is 316 Å². The van der Waals surface area contributed by atoms with Gasteiger partial charge in [0.25, 0.3) is 0 Å². The summed E-state index contributed by atoms with van der Waals surface area (Å²) in [6.45, 7) is 15.1. The first kappa shape index (κ1) is 70.1. The maximum Gasteiger partial charge on any atom is 0.0900 e. The molecule has 11 heteroatoms. The minimum absolute atomic E-state index is 0.723. The van der Waals surface area contributed by atoms with Crippen molar-refractivity contribution in [2.45, 2.75) is 48.5 Å². The molecule has 0 aliphatic carbocycles. The summed E-state index contributed by atoms with van der Waals surface area (Å²) in [6, 6.07) is 79.6. The fraction of sp³-hybridized carbons (Fsp3) is 0.0673. The maximum atomic E-state index is 5.27. The SMILES string of the molecule is Cc1cc(C)c(-c2c3nc(cc4ccc([nH]4)c(-c4ccc(C#Cc5cc(C)cc(C#Cc6ccc(-c7c8nc(cc9ccc([nH]9)c(-c9c(C)cc(C)cc9C)c9nc(cc%10ccc7[nH]%10)C=C9)C=C8)cc6)c5C#Cc5ccc(-c6cc(-c7ccccn7)nc(-c7ccccn7)c6)cc5)cc4)c4nc(cc5ccc2[nH]5)C=C4)C=C3)c(C)c1. The van der Waals surface area contributed by atoms with Crippen LogP contribution in [0.1, 0.15) is 118 Å². The Balaban J connectivity index is 0.685. The molecule has 16 bridgehead atoms. The molecule has 0 saturated carbocycles. The smallest absolute Gasteiger partial charge is 0.0900 e. The van der Waals surface area contributed by atoms with Crippen LogP contribution >= 0.6 is 0 Å². The lowest BCUT2D eigenvalue weighted by Gasteiger charge is -2.13. The van der Waals surface area contributed by atoms with E-state index >= 15 is 0 Å². The predicted octanol–water partition coefficient (Wildman–Crippen LogP) is 23.8. The van der Waals surface area contributed by atoms with Gasteiger partial charge in [0.2, 0.25) is 0 Å². The van der Waals surface area contributed by atoms with Gasteiger partial charge in [0.15, 0.2) is 0 Å². The second-order valence-corrected chi connectivity index (χ2v) is 29.7. The maximum absolute atomic E-state index is 5.27. The molecular formula is C104H73N11. The van der Waals surface area contributed by atoms with E-state index in [2.05, 4.69) is 357 Å². The number of hydrogen-bond acceptors (Lipinski definition) is 7. The highest BCUT2D eigenvalue weighted by Gasteiger charge is 2.21. The van der Waals surface area contributed by atoms with Crippen LogP contribution in [0.4, 0.5) is 0 Å². The Labute approximate surface area is 666 Å². The molecule has 0 saturated heterocycles. The second-order valence-electron chi connectivity index (χ2n) is 29.7. The van der Waals surface area contributed by atoms with Crippen molar-refractivity contribution < 1.29 is 0 Å². The van der Waals surface area contributed by atoms with Crippen LogP contribution in [0.5, 0.6) is 0 Å². The van der Waals surface area contributed by atoms with Gasteiger partial charge < -0.3 is 19.9 Å². The average Bonchev–Trinajstić information content (AvgIpc) is 1.78. The molecule has 13 heterocycles. The molecule has 115 heavy (non-hydrogen) atoms. The molecule has 19 rings (SSSR count). The Hall–Kier alpha value is -15.4. The molecule has 6 aromatic carbocycles. The van der Waals surface area contributed by atoms with Crippen LogP contribution in [-0.2, 0) is 0 Å². The zero-order valence-corrected chi connectivity index (χ0v) is 64.3. The lowest BCUT2D eigenvalue weighted by molar-refractivity contribution is 1.22. The lowest BCUT2D eigenvalue weighted by Crippen LogP contribution is -1.94. The summed E-state index contributed by atoms with van der Waals surface area (Å²) in [7, 11) is 0. The van der Waals surface area contributed by atoms with E-state index in [0.717, 1.165) is 196 Å². The summed E-state index contributed by atoms with van der Waals surface area (Å²) in [5, 5.41) is 0. The Kier molecular flexibility index (Phi) is 18.0. The summed E-state index contributed by atoms with van der Waals surface area (Å²) >= 11 is 0. The molecule has 0 fully saturated rings. The zero-order chi connectivity index (χ0) is 77.8. The number of benzene rings is 6. The number of aromatic amines is 4. The molecule has 544 valence electrons. The topological polar surface area (TPSA) is 153 Å². The molecule has 0 amide bonds. The molecular weight excluding hydrogens is 1400 g/mol. The minimum atomic E-state index is 0.723. The Bertz CT molecular complexity index is 6820. The number of hydrogen-bond donors (Lipinski definition) is 4. The van der Waals surface area contributed by atoms with Gasteiger partial charge in [-0.25, -0.2) is 24.9 Å². The van der Waals surface area contributed by atoms with Crippen molar-refractivity contribution in [3.8, 4) is 114 Å². The van der Waals surface area contributed by atoms with Crippen molar-refractivity contribution in [1.82, 2.24) is 54.8 Å². The third kappa shape index (κ3) is 14.3. The molecule has 4 aliphatic heterocycles. The standard InChI is InChI=1S/C104H73N11/c1-62-50-65(4)99(66(5)51-62)103-93-44-35-82(111-93)58-78-31-40-89(107-78)101(90-41-32-79(108-90)59-83-36-45-94(103)112-83)73-25-16-69(17-26-73)20-29-75-54-64(3)55-76(86(75)39-22-71-14-23-72(24-15-71)77-56-97(87-12-8-10-48-105-87)115-98(57-77)88-13-9-11-49-106-88)30-21-70-18-27-74(28-19-70)102-91-42-33-80(109-91)60-84-37-46-95(113-84)104(100-67(6)52-63(2)53-68(100)7)96-47-38-85(114-96)61-81-34-43-92(102)110-81/h8-19,23-28,31-38,40-61,107,109,112,114H,1-7H3. The van der Waals surface area contributed by atoms with Crippen LogP contribution in [0.15, 0.2) is 243 Å². The third-order valence-electron chi connectivity index (χ3n) is 21.2. The van der Waals surface area contributed by atoms with Gasteiger partial charge in [0, 0.05) is 107 Å². The summed E-state index contributed by atoms with van der Waals surface area (Å²) in [5.74, 6) is 21.4. The molecule has 9 aromatic heterocycles. The first-order valence-electron chi connectivity index (χ1n) is 38.5. The van der Waals surface area contributed by atoms with E-state index in [0.29, 0.717) is 0 Å². The first-order chi connectivity index (χ1) is 56.2. The Morgan fingerprint density at radius 1 is 0.243 bits per heavy atom. The van der Waals surface area contributed by atoms with E-state index in [9.17, 15) is 0 Å². The summed E-state index contributed by atoms with van der Waals surface area (Å²) < 4.78 is 0. The fourth-order valence-corrected chi connectivity index (χ4v) is 16.1. The van der Waals surface area contributed by atoms with Crippen molar-refractivity contribution in [3.05, 3.63) is 361 Å². The van der Waals surface area contributed by atoms with E-state index in [1.807, 2.05) is 36.4 Å². The van der Waals surface area contributed by atoms with Gasteiger partial charge in [-0.15, -0.1) is 0 Å². The zero-order valence-electron chi connectivity index (χ0n) is 64.3. The first-order valence-corrected chi connectivity index (χ1v) is 38.5. The van der Waals surface area contributed by atoms with Crippen molar-refractivity contribution in [2.24, 2.45) is 0 Å². The van der Waals surface area contributed by atoms with E-state index in [1.54, 1.807) is 12.4 Å². The van der Waals surface area contributed by atoms with E-state index in [1.165, 1.54) is 44.5 Å². The lowest BCUT2D eigenvalue weighted by atomic mass is 9.92. The van der Waals surface area contributed by atoms with Crippen LogP contribution in [0.3, 0.4) is 0 Å². The summed E-state index contributed by atoms with van der Waals surface area (Å²) in [5.41, 5.74) is 40.9. The fourth-order valence-electron chi connectivity index (χ4n) is 16.1. The van der Waals surface area contributed by atoms with Crippen LogP contribution in [0.2, 0.25) is 0 Å². The minimum Gasteiger partial charge on any atom is -0.355 e. The highest BCUT2D eigenvalue weighted by atomic mass is 14.8. The van der Waals surface area contributed by atoms with Crippen molar-refractivity contribution in [2.75, 3.05) is 0 Å². The molecule has 0 spiro atoms. The van der Waals surface area contributed by atoms with Crippen molar-refractivity contribution >= 4 is 92.7 Å². The number of aromatic nitrogens is 11. The van der Waals surface area contributed by atoms with Gasteiger partial charge in [-0.3, -0.25) is 9.97 Å². The Morgan fingerprint density at radius 3 is 0.930 bits per heavy atom. The highest BCUT2D eigenvalue weighted by Crippen LogP contribution is 2.40. The molecule has 0 unspecified atom stereocenters. The van der Waals surface area contributed by atoms with Gasteiger partial charge in [0.1, 0.15) is 0 Å². The molecule has 11 nitrogen and oxygen atoms in total. The largest absolute Gasteiger partial charge is 0.355 e. The predicted molar refractivity (Wildman–Crippen MR) is 473 cm³/mol. The van der Waals surface area contributed by atoms with Crippen LogP contribution in [0, 0.1) is 84.0 Å². The molecule has 15 aromatic rings. The normalized spacial score (nSPS) is 11.8. The van der Waals surface area contributed by atoms with E-state index in [-0.39, 0.29) is 0 Å². The number of fused-ring (bicyclic) bond motifs is 16. The van der Waals surface area contributed by atoms with Crippen LogP contribution < -0.4 is 0 Å². The van der Waals surface area contributed by atoms with Gasteiger partial charge in [-0.2, -0.15) is 0 Å². The highest BCUT2D eigenvalue weighted by molar-refractivity contribution is 5.98. The van der Waals surface area contributed by atoms with Gasteiger partial charge in [0.05, 0.1) is 73.9 Å². The number of H-pyrrole nitrogens is 4. The number of aryl methyl sites for hydroxylation is 7. The molecule has 0 radical (unpaired) electrons. The van der Waals surface area contributed by atoms with Crippen molar-refractivity contribution in [3.63, 3.8) is 0 Å². The van der Waals surface area contributed by atoms with Crippen LogP contribution in [-0.4, -0.2) is 54.8 Å². The van der Waals surface area contributed by atoms with Gasteiger partial charge in [-0.1, -0.05) is 119 Å². The number of pyridine rings is 3. The average molecular weight is 1480 g/mol. The third-order valence-corrected chi connectivity index (χ3v) is 21.2. The second kappa shape index (κ2) is 29.5. The van der Waals surface area contributed by atoms with E-state index < -0.39 is 0 Å². The summed E-state index contributed by atoms with van der Waals surface area (Å²) in [4.78, 5) is 50.3. The van der Waals surface area contributed by atoms with E-state index in [4.69, 9.17) is 24.9 Å². The quantitative estimate of drug-likeness (QED) is 0.116. The number of rotatable bonds is 7. The molecule has 0 atom stereocenters. The number of nitrogens with zero attached hydrogens (tertiary/aromatic N) is 7. The van der Waals surface area contributed by atoms with Crippen LogP contribution in [0.25, 0.3) is 171 Å². The Morgan fingerprint density at radius 2 is 0.574 bits per heavy atom. The summed E-state index contributed by atoms with van der Waals surface area (Å²) in [6.07, 6.45) is 20.3.